The molecule has 0 aliphatic carbocycles. The van der Waals surface area contributed by atoms with Crippen LogP contribution in [0.3, 0.4) is 0 Å². The molecule has 2 aliphatic rings. The number of halogens is 1. The molecule has 1 atom stereocenters. The normalized spacial score (nSPS) is 20.9. The molecule has 1 N–H and O–H groups in total. The van der Waals surface area contributed by atoms with Gasteiger partial charge < -0.3 is 10.2 Å². The maximum absolute atomic E-state index is 13.5. The van der Waals surface area contributed by atoms with Crippen molar-refractivity contribution in [3.63, 3.8) is 0 Å². The summed E-state index contributed by atoms with van der Waals surface area (Å²) in [6, 6.07) is 9.00. The van der Waals surface area contributed by atoms with Crippen LogP contribution in [0.5, 0.6) is 0 Å². The lowest BCUT2D eigenvalue weighted by Gasteiger charge is -2.34. The molecule has 4 rings (SSSR count). The number of non-ortho nitro benzene ring substituents is 1. The first-order chi connectivity index (χ1) is 16.9. The maximum Gasteiger partial charge on any atom is 0.325 e. The van der Waals surface area contributed by atoms with E-state index in [2.05, 4.69) is 5.32 Å². The van der Waals surface area contributed by atoms with Gasteiger partial charge in [0.1, 0.15) is 17.9 Å². The van der Waals surface area contributed by atoms with E-state index in [9.17, 15) is 37.3 Å². The fourth-order valence-electron chi connectivity index (χ4n) is 4.14. The summed E-state index contributed by atoms with van der Waals surface area (Å²) in [6.45, 7) is 0.864. The number of nitrogens with one attached hydrogen (secondary N) is 1. The monoisotopic (exact) mass is 519 g/mol. The molecule has 2 saturated heterocycles. The third kappa shape index (κ3) is 4.52. The summed E-state index contributed by atoms with van der Waals surface area (Å²) in [7, 11) is -3.94. The summed E-state index contributed by atoms with van der Waals surface area (Å²) in [5, 5.41) is 13.4. The van der Waals surface area contributed by atoms with Crippen LogP contribution in [0.2, 0.25) is 0 Å². The minimum absolute atomic E-state index is 0.0245. The van der Waals surface area contributed by atoms with Crippen LogP contribution in [-0.2, 0) is 25.2 Å². The van der Waals surface area contributed by atoms with Gasteiger partial charge in [0.2, 0.25) is 15.9 Å². The van der Waals surface area contributed by atoms with E-state index in [-0.39, 0.29) is 36.8 Å². The van der Waals surface area contributed by atoms with Crippen LogP contribution in [-0.4, -0.2) is 78.0 Å². The van der Waals surface area contributed by atoms with E-state index >= 15 is 0 Å². The van der Waals surface area contributed by atoms with E-state index in [1.54, 1.807) is 0 Å². The van der Waals surface area contributed by atoms with Crippen molar-refractivity contribution in [3.8, 4) is 0 Å². The van der Waals surface area contributed by atoms with Gasteiger partial charge in [0.15, 0.2) is 0 Å². The van der Waals surface area contributed by atoms with E-state index in [0.29, 0.717) is 5.56 Å². The molecule has 0 radical (unpaired) electrons. The second-order valence-electron chi connectivity index (χ2n) is 8.49. The minimum atomic E-state index is -3.94. The second kappa shape index (κ2) is 9.28. The van der Waals surface area contributed by atoms with Gasteiger partial charge in [0, 0.05) is 38.3 Å². The van der Waals surface area contributed by atoms with Crippen LogP contribution >= 0.6 is 0 Å². The van der Waals surface area contributed by atoms with Gasteiger partial charge in [-0.15, -0.1) is 0 Å². The molecule has 4 amide bonds. The van der Waals surface area contributed by atoms with Crippen LogP contribution < -0.4 is 5.32 Å². The fraction of sp³-hybridized carbons (Fsp3) is 0.318. The van der Waals surface area contributed by atoms with Crippen molar-refractivity contribution in [1.82, 2.24) is 19.4 Å². The van der Waals surface area contributed by atoms with Crippen molar-refractivity contribution < 1.29 is 32.1 Å². The van der Waals surface area contributed by atoms with Crippen LogP contribution in [0.15, 0.2) is 53.4 Å². The molecule has 2 fully saturated rings. The molecule has 1 unspecified atom stereocenters. The average molecular weight is 520 g/mol. The number of amides is 4. The Balaban J connectivity index is 1.40. The molecule has 14 heteroatoms. The lowest BCUT2D eigenvalue weighted by Crippen LogP contribution is -2.53. The maximum atomic E-state index is 13.5. The van der Waals surface area contributed by atoms with Gasteiger partial charge in [-0.05, 0) is 42.8 Å². The van der Waals surface area contributed by atoms with Crippen molar-refractivity contribution in [2.75, 3.05) is 32.7 Å². The fourth-order valence-corrected chi connectivity index (χ4v) is 5.60. The summed E-state index contributed by atoms with van der Waals surface area (Å²) in [5.41, 5.74) is -1.37. The van der Waals surface area contributed by atoms with Crippen molar-refractivity contribution in [1.29, 1.82) is 0 Å². The SMILES string of the molecule is CC1(c2ccc([N+](=O)[O-])cc2)NC(=O)N(CC(=O)N2CCN(S(=O)(=O)c3cccc(F)c3)CC2)C1=O. The lowest BCUT2D eigenvalue weighted by molar-refractivity contribution is -0.384. The van der Waals surface area contributed by atoms with Crippen molar-refractivity contribution >= 4 is 33.6 Å². The van der Waals surface area contributed by atoms with E-state index in [1.165, 1.54) is 48.2 Å². The Kier molecular flexibility index (Phi) is 6.49. The molecule has 190 valence electrons. The number of sulfonamides is 1. The van der Waals surface area contributed by atoms with Gasteiger partial charge in [0.05, 0.1) is 9.82 Å². The molecule has 2 aromatic carbocycles. The van der Waals surface area contributed by atoms with Gasteiger partial charge >= 0.3 is 6.03 Å². The molecular formula is C22H22FN5O7S. The van der Waals surface area contributed by atoms with E-state index in [4.69, 9.17) is 0 Å². The number of hydrogen-bond donors (Lipinski definition) is 1. The Morgan fingerprint density at radius 2 is 1.75 bits per heavy atom. The molecule has 0 saturated carbocycles. The Morgan fingerprint density at radius 3 is 2.33 bits per heavy atom. The second-order valence-corrected chi connectivity index (χ2v) is 10.4. The van der Waals surface area contributed by atoms with E-state index in [0.717, 1.165) is 21.3 Å². The Morgan fingerprint density at radius 1 is 1.11 bits per heavy atom. The van der Waals surface area contributed by atoms with E-state index in [1.807, 2.05) is 0 Å². The predicted octanol–water partition coefficient (Wildman–Crippen LogP) is 1.03. The highest BCUT2D eigenvalue weighted by molar-refractivity contribution is 7.89. The summed E-state index contributed by atoms with van der Waals surface area (Å²) < 4.78 is 40.1. The first-order valence-electron chi connectivity index (χ1n) is 10.9. The number of imide groups is 1. The average Bonchev–Trinajstić information content (AvgIpc) is 3.07. The number of piperazine rings is 1. The highest BCUT2D eigenvalue weighted by Gasteiger charge is 2.50. The largest absolute Gasteiger partial charge is 0.338 e. The summed E-state index contributed by atoms with van der Waals surface area (Å²) in [5.74, 6) is -1.92. The first kappa shape index (κ1) is 25.2. The number of nitro benzene ring substituents is 1. The lowest BCUT2D eigenvalue weighted by atomic mass is 9.92. The van der Waals surface area contributed by atoms with Crippen LogP contribution in [0.25, 0.3) is 0 Å². The Bertz CT molecular complexity index is 1340. The molecule has 2 aromatic rings. The zero-order valence-corrected chi connectivity index (χ0v) is 19.9. The molecular weight excluding hydrogens is 497 g/mol. The van der Waals surface area contributed by atoms with Crippen LogP contribution in [0.1, 0.15) is 12.5 Å². The van der Waals surface area contributed by atoms with Crippen molar-refractivity contribution in [2.45, 2.75) is 17.4 Å². The predicted molar refractivity (Wildman–Crippen MR) is 122 cm³/mol. The van der Waals surface area contributed by atoms with Gasteiger partial charge in [-0.2, -0.15) is 4.31 Å². The third-order valence-corrected chi connectivity index (χ3v) is 8.14. The Hall–Kier alpha value is -3.91. The number of benzene rings is 2. The van der Waals surface area contributed by atoms with Gasteiger partial charge in [-0.25, -0.2) is 17.6 Å². The highest BCUT2D eigenvalue weighted by Crippen LogP contribution is 2.30. The van der Waals surface area contributed by atoms with Crippen LogP contribution in [0, 0.1) is 15.9 Å². The molecule has 12 nitrogen and oxygen atoms in total. The zero-order chi connectivity index (χ0) is 26.3. The number of carbonyl (C=O) groups excluding carboxylic acids is 3. The van der Waals surface area contributed by atoms with Crippen molar-refractivity contribution in [2.24, 2.45) is 0 Å². The number of rotatable bonds is 6. The molecule has 36 heavy (non-hydrogen) atoms. The number of nitro groups is 1. The molecule has 0 bridgehead atoms. The summed E-state index contributed by atoms with van der Waals surface area (Å²) >= 11 is 0. The molecule has 0 aromatic heterocycles. The molecule has 2 aliphatic heterocycles. The topological polar surface area (TPSA) is 150 Å². The van der Waals surface area contributed by atoms with Gasteiger partial charge in [-0.3, -0.25) is 24.6 Å². The quantitative estimate of drug-likeness (QED) is 0.340. The zero-order valence-electron chi connectivity index (χ0n) is 19.1. The smallest absolute Gasteiger partial charge is 0.325 e. The minimum Gasteiger partial charge on any atom is -0.338 e. The molecule has 2 heterocycles. The van der Waals surface area contributed by atoms with Crippen molar-refractivity contribution in [3.05, 3.63) is 70.0 Å². The van der Waals surface area contributed by atoms with Gasteiger partial charge in [-0.1, -0.05) is 6.07 Å². The summed E-state index contributed by atoms with van der Waals surface area (Å²) in [6.07, 6.45) is 0. The standard InChI is InChI=1S/C22H22FN5O7S/c1-22(15-5-7-17(8-6-15)28(32)33)20(30)27(21(31)24-22)14-19(29)25-9-11-26(12-10-25)36(34,35)18-4-2-3-16(23)13-18/h2-8,13H,9-12,14H2,1H3,(H,24,31). The van der Waals surface area contributed by atoms with Gasteiger partial charge in [0.25, 0.3) is 11.6 Å². The van der Waals surface area contributed by atoms with Crippen LogP contribution in [0.4, 0.5) is 14.9 Å². The number of urea groups is 1. The number of carbonyl (C=O) groups is 3. The number of nitrogens with zero attached hydrogens (tertiary/aromatic N) is 4. The third-order valence-electron chi connectivity index (χ3n) is 6.25. The summed E-state index contributed by atoms with van der Waals surface area (Å²) in [4.78, 5) is 50.7. The highest BCUT2D eigenvalue weighted by atomic mass is 32.2. The molecule has 0 spiro atoms. The first-order valence-corrected chi connectivity index (χ1v) is 12.3. The Labute approximate surface area is 205 Å². The number of hydrogen-bond acceptors (Lipinski definition) is 7. The van der Waals surface area contributed by atoms with E-state index < -0.39 is 50.7 Å².